The maximum atomic E-state index is 13.7. The first kappa shape index (κ1) is 23.9. The predicted molar refractivity (Wildman–Crippen MR) is 147 cm³/mol. The molecule has 0 bridgehead atoms. The molecule has 4 aromatic rings. The standard InChI is InChI=1S/C29H27BrN4O2/c1-17-5-14-24(18(2)15-17)32-29(35)27-19(3)31-26-16-25(20-8-12-23(36-4)13-9-20)33-34(26)28(27)21-6-10-22(30)11-7-21/h5-16,28,31H,1-4H3,(H,32,35)/t28-/m1/s1. The minimum absolute atomic E-state index is 0.160. The fourth-order valence-corrected chi connectivity index (χ4v) is 4.83. The molecule has 1 amide bonds. The smallest absolute Gasteiger partial charge is 0.255 e. The zero-order valence-electron chi connectivity index (χ0n) is 20.6. The van der Waals surface area contributed by atoms with E-state index in [0.717, 1.165) is 55.4 Å². The molecule has 2 N–H and O–H groups in total. The second kappa shape index (κ2) is 9.66. The summed E-state index contributed by atoms with van der Waals surface area (Å²) in [6.07, 6.45) is 0. The van der Waals surface area contributed by atoms with Crippen LogP contribution in [0.1, 0.15) is 29.7 Å². The number of nitrogens with one attached hydrogen (secondary N) is 2. The van der Waals surface area contributed by atoms with Gasteiger partial charge in [-0.05, 0) is 74.4 Å². The Hall–Kier alpha value is -3.84. The highest BCUT2D eigenvalue weighted by Gasteiger charge is 2.33. The van der Waals surface area contributed by atoms with Crippen molar-refractivity contribution >= 4 is 33.3 Å². The van der Waals surface area contributed by atoms with Crippen molar-refractivity contribution in [1.82, 2.24) is 9.78 Å². The summed E-state index contributed by atoms with van der Waals surface area (Å²) in [6.45, 7) is 5.98. The van der Waals surface area contributed by atoms with Gasteiger partial charge >= 0.3 is 0 Å². The van der Waals surface area contributed by atoms with Crippen molar-refractivity contribution in [3.8, 4) is 17.0 Å². The van der Waals surface area contributed by atoms with E-state index in [1.165, 1.54) is 0 Å². The van der Waals surface area contributed by atoms with Crippen molar-refractivity contribution in [2.45, 2.75) is 26.8 Å². The summed E-state index contributed by atoms with van der Waals surface area (Å²) in [5, 5.41) is 11.5. The van der Waals surface area contributed by atoms with Crippen molar-refractivity contribution in [1.29, 1.82) is 0 Å². The lowest BCUT2D eigenvalue weighted by Crippen LogP contribution is -2.31. The van der Waals surface area contributed by atoms with Crippen molar-refractivity contribution in [3.63, 3.8) is 0 Å². The Morgan fingerprint density at radius 3 is 2.39 bits per heavy atom. The highest BCUT2D eigenvalue weighted by molar-refractivity contribution is 9.10. The molecule has 0 saturated heterocycles. The Morgan fingerprint density at radius 2 is 1.72 bits per heavy atom. The summed E-state index contributed by atoms with van der Waals surface area (Å²) in [7, 11) is 1.65. The number of benzene rings is 3. The van der Waals surface area contributed by atoms with Gasteiger partial charge in [-0.2, -0.15) is 5.10 Å². The van der Waals surface area contributed by atoms with E-state index in [1.807, 2.05) is 92.2 Å². The van der Waals surface area contributed by atoms with Crippen LogP contribution in [0.15, 0.2) is 88.5 Å². The average molecular weight is 543 g/mol. The molecule has 0 saturated carbocycles. The Labute approximate surface area is 219 Å². The molecule has 0 radical (unpaired) electrons. The normalized spacial score (nSPS) is 14.8. The molecule has 5 rings (SSSR count). The van der Waals surface area contributed by atoms with Gasteiger partial charge in [-0.15, -0.1) is 0 Å². The molecule has 0 fully saturated rings. The van der Waals surface area contributed by atoms with E-state index >= 15 is 0 Å². The summed E-state index contributed by atoms with van der Waals surface area (Å²) in [5.74, 6) is 1.46. The van der Waals surface area contributed by atoms with Crippen LogP contribution in [-0.4, -0.2) is 22.8 Å². The van der Waals surface area contributed by atoms with Gasteiger partial charge in [0.25, 0.3) is 5.91 Å². The zero-order valence-corrected chi connectivity index (χ0v) is 22.2. The van der Waals surface area contributed by atoms with Gasteiger partial charge in [0.15, 0.2) is 0 Å². The number of rotatable bonds is 5. The fourth-order valence-electron chi connectivity index (χ4n) is 4.57. The highest BCUT2D eigenvalue weighted by atomic mass is 79.9. The topological polar surface area (TPSA) is 68.2 Å². The molecule has 182 valence electrons. The third-order valence-corrected chi connectivity index (χ3v) is 6.95. The number of carbonyl (C=O) groups excluding carboxylic acids is 1. The number of fused-ring (bicyclic) bond motifs is 1. The van der Waals surface area contributed by atoms with Crippen LogP contribution < -0.4 is 15.4 Å². The number of hydrogen-bond acceptors (Lipinski definition) is 4. The van der Waals surface area contributed by atoms with E-state index in [0.29, 0.717) is 5.57 Å². The Bertz CT molecular complexity index is 1470. The molecular formula is C29H27BrN4O2. The van der Waals surface area contributed by atoms with Crippen LogP contribution in [-0.2, 0) is 4.79 Å². The van der Waals surface area contributed by atoms with Gasteiger partial charge in [0.05, 0.1) is 18.4 Å². The lowest BCUT2D eigenvalue weighted by atomic mass is 9.94. The SMILES string of the molecule is COc1ccc(-c2cc3n(n2)[C@H](c2ccc(Br)cc2)C(C(=O)Nc2ccc(C)cc2C)=C(C)N3)cc1. The molecular weight excluding hydrogens is 516 g/mol. The molecule has 1 atom stereocenters. The second-order valence-electron chi connectivity index (χ2n) is 8.98. The van der Waals surface area contributed by atoms with Gasteiger partial charge in [-0.1, -0.05) is 45.8 Å². The highest BCUT2D eigenvalue weighted by Crippen LogP contribution is 2.39. The Balaban J connectivity index is 1.58. The van der Waals surface area contributed by atoms with E-state index in [9.17, 15) is 4.79 Å². The van der Waals surface area contributed by atoms with Crippen molar-refractivity contribution in [2.24, 2.45) is 0 Å². The number of methoxy groups -OCH3 is 1. The van der Waals surface area contributed by atoms with Gasteiger partial charge in [0, 0.05) is 27.5 Å². The quantitative estimate of drug-likeness (QED) is 0.289. The number of anilines is 2. The van der Waals surface area contributed by atoms with E-state index in [1.54, 1.807) is 7.11 Å². The van der Waals surface area contributed by atoms with Crippen LogP contribution in [0.5, 0.6) is 5.75 Å². The molecule has 0 spiro atoms. The Kier molecular flexibility index (Phi) is 6.41. The van der Waals surface area contributed by atoms with E-state index in [-0.39, 0.29) is 5.91 Å². The summed E-state index contributed by atoms with van der Waals surface area (Å²) in [5.41, 5.74) is 7.13. The van der Waals surface area contributed by atoms with E-state index in [2.05, 4.69) is 32.6 Å². The van der Waals surface area contributed by atoms with Crippen LogP contribution in [0.3, 0.4) is 0 Å². The number of amides is 1. The molecule has 2 heterocycles. The van der Waals surface area contributed by atoms with Crippen LogP contribution >= 0.6 is 15.9 Å². The maximum Gasteiger partial charge on any atom is 0.255 e. The third-order valence-electron chi connectivity index (χ3n) is 6.42. The first-order valence-electron chi connectivity index (χ1n) is 11.7. The minimum Gasteiger partial charge on any atom is -0.497 e. The first-order valence-corrected chi connectivity index (χ1v) is 12.5. The van der Waals surface area contributed by atoms with Crippen LogP contribution in [0.4, 0.5) is 11.5 Å². The summed E-state index contributed by atoms with van der Waals surface area (Å²) >= 11 is 3.53. The van der Waals surface area contributed by atoms with Crippen LogP contribution in [0, 0.1) is 13.8 Å². The number of carbonyl (C=O) groups is 1. The molecule has 3 aromatic carbocycles. The molecule has 6 nitrogen and oxygen atoms in total. The summed E-state index contributed by atoms with van der Waals surface area (Å²) in [6, 6.07) is 23.4. The van der Waals surface area contributed by atoms with Gasteiger partial charge in [-0.3, -0.25) is 4.79 Å². The molecule has 36 heavy (non-hydrogen) atoms. The Morgan fingerprint density at radius 1 is 1.00 bits per heavy atom. The van der Waals surface area contributed by atoms with Crippen molar-refractivity contribution in [3.05, 3.63) is 105 Å². The van der Waals surface area contributed by atoms with Crippen molar-refractivity contribution in [2.75, 3.05) is 17.7 Å². The van der Waals surface area contributed by atoms with Gasteiger partial charge in [0.2, 0.25) is 0 Å². The van der Waals surface area contributed by atoms with Gasteiger partial charge in [-0.25, -0.2) is 4.68 Å². The molecule has 1 aliphatic rings. The van der Waals surface area contributed by atoms with E-state index < -0.39 is 6.04 Å². The summed E-state index contributed by atoms with van der Waals surface area (Å²) < 4.78 is 8.17. The monoisotopic (exact) mass is 542 g/mol. The molecule has 7 heteroatoms. The molecule has 1 aliphatic heterocycles. The van der Waals surface area contributed by atoms with E-state index in [4.69, 9.17) is 9.84 Å². The minimum atomic E-state index is -0.396. The van der Waals surface area contributed by atoms with Crippen molar-refractivity contribution < 1.29 is 9.53 Å². The largest absolute Gasteiger partial charge is 0.497 e. The first-order chi connectivity index (χ1) is 17.3. The lowest BCUT2D eigenvalue weighted by molar-refractivity contribution is -0.113. The number of aryl methyl sites for hydroxylation is 2. The van der Waals surface area contributed by atoms with Gasteiger partial charge < -0.3 is 15.4 Å². The lowest BCUT2D eigenvalue weighted by Gasteiger charge is -2.30. The van der Waals surface area contributed by atoms with Crippen LogP contribution in [0.2, 0.25) is 0 Å². The fraction of sp³-hybridized carbons (Fsp3) is 0.172. The number of ether oxygens (including phenoxy) is 1. The summed E-state index contributed by atoms with van der Waals surface area (Å²) in [4.78, 5) is 13.7. The molecule has 1 aromatic heterocycles. The number of halogens is 1. The average Bonchev–Trinajstić information content (AvgIpc) is 3.29. The van der Waals surface area contributed by atoms with Gasteiger partial charge in [0.1, 0.15) is 17.6 Å². The number of allylic oxidation sites excluding steroid dienone is 1. The zero-order chi connectivity index (χ0) is 25.4. The maximum absolute atomic E-state index is 13.7. The molecule has 0 unspecified atom stereocenters. The predicted octanol–water partition coefficient (Wildman–Crippen LogP) is 6.87. The number of aromatic nitrogens is 2. The molecule has 0 aliphatic carbocycles. The number of hydrogen-bond donors (Lipinski definition) is 2. The third kappa shape index (κ3) is 4.54. The second-order valence-corrected chi connectivity index (χ2v) is 9.89. The number of nitrogens with zero attached hydrogens (tertiary/aromatic N) is 2. The van der Waals surface area contributed by atoms with Crippen LogP contribution in [0.25, 0.3) is 11.3 Å².